The molecule has 1 aliphatic heterocycles. The highest BCUT2D eigenvalue weighted by atomic mass is 15.3. The Bertz CT molecular complexity index is 557. The van der Waals surface area contributed by atoms with Crippen molar-refractivity contribution in [1.29, 1.82) is 0 Å². The number of unbranched alkanes of at least 4 members (excludes halogenated alkanes) is 2. The Kier molecular flexibility index (Phi) is 4.72. The molecule has 114 valence electrons. The van der Waals surface area contributed by atoms with Crippen LogP contribution in [0.1, 0.15) is 19.3 Å². The fourth-order valence-electron chi connectivity index (χ4n) is 3.05. The summed E-state index contributed by atoms with van der Waals surface area (Å²) in [5.41, 5.74) is 6.56. The monoisotopic (exact) mass is 287 g/mol. The van der Waals surface area contributed by atoms with Crippen LogP contribution in [0.2, 0.25) is 0 Å². The van der Waals surface area contributed by atoms with Crippen molar-refractivity contribution in [3.63, 3.8) is 0 Å². The van der Waals surface area contributed by atoms with E-state index in [2.05, 4.69) is 37.4 Å². The van der Waals surface area contributed by atoms with Gasteiger partial charge in [-0.05, 0) is 38.1 Å². The summed E-state index contributed by atoms with van der Waals surface area (Å²) in [7, 11) is 0. The van der Waals surface area contributed by atoms with Crippen molar-refractivity contribution in [2.45, 2.75) is 19.3 Å². The highest BCUT2D eigenvalue weighted by Gasteiger charge is 2.18. The zero-order valence-corrected chi connectivity index (χ0v) is 12.6. The van der Waals surface area contributed by atoms with Crippen molar-refractivity contribution < 1.29 is 0 Å². The molecule has 0 saturated carbocycles. The summed E-state index contributed by atoms with van der Waals surface area (Å²) in [5.74, 6) is 1.26. The molecular weight excluding hydrogens is 262 g/mol. The van der Waals surface area contributed by atoms with Crippen LogP contribution >= 0.6 is 0 Å². The van der Waals surface area contributed by atoms with Crippen LogP contribution in [0.25, 0.3) is 5.65 Å². The first-order valence-corrected chi connectivity index (χ1v) is 7.98. The molecule has 3 rings (SSSR count). The quantitative estimate of drug-likeness (QED) is 0.820. The van der Waals surface area contributed by atoms with Crippen LogP contribution in [-0.4, -0.2) is 53.6 Å². The summed E-state index contributed by atoms with van der Waals surface area (Å²) in [6.07, 6.45) is 7.60. The Morgan fingerprint density at radius 3 is 2.71 bits per heavy atom. The number of hydrogen-bond donors (Lipinski definition) is 1. The first-order valence-electron chi connectivity index (χ1n) is 7.98. The second-order valence-corrected chi connectivity index (χ2v) is 5.72. The van der Waals surface area contributed by atoms with Crippen LogP contribution in [0.15, 0.2) is 30.6 Å². The molecule has 0 atom stereocenters. The summed E-state index contributed by atoms with van der Waals surface area (Å²) in [4.78, 5) is 9.40. The smallest absolute Gasteiger partial charge is 0.138 e. The summed E-state index contributed by atoms with van der Waals surface area (Å²) in [5, 5.41) is 0. The van der Waals surface area contributed by atoms with Crippen LogP contribution in [0.3, 0.4) is 0 Å². The summed E-state index contributed by atoms with van der Waals surface area (Å²) in [6, 6.07) is 6.33. The largest absolute Gasteiger partial charge is 0.355 e. The molecule has 0 unspecified atom stereocenters. The van der Waals surface area contributed by atoms with Gasteiger partial charge in [0.1, 0.15) is 11.5 Å². The van der Waals surface area contributed by atoms with Gasteiger partial charge in [0.2, 0.25) is 0 Å². The molecule has 3 heterocycles. The number of nitrogens with two attached hydrogens (primary N) is 1. The number of imidazole rings is 1. The van der Waals surface area contributed by atoms with Crippen molar-refractivity contribution >= 4 is 11.5 Å². The lowest BCUT2D eigenvalue weighted by atomic mass is 10.2. The number of nitrogens with zero attached hydrogens (tertiary/aromatic N) is 4. The van der Waals surface area contributed by atoms with Gasteiger partial charge in [0.05, 0.1) is 0 Å². The number of piperazine rings is 1. The fourth-order valence-corrected chi connectivity index (χ4v) is 3.05. The third-order valence-corrected chi connectivity index (χ3v) is 4.28. The average Bonchev–Trinajstić information content (AvgIpc) is 3.01. The van der Waals surface area contributed by atoms with Gasteiger partial charge < -0.3 is 10.6 Å². The van der Waals surface area contributed by atoms with Crippen molar-refractivity contribution in [3.8, 4) is 0 Å². The highest BCUT2D eigenvalue weighted by molar-refractivity contribution is 5.51. The molecule has 1 aliphatic rings. The van der Waals surface area contributed by atoms with Gasteiger partial charge in [-0.3, -0.25) is 9.30 Å². The van der Waals surface area contributed by atoms with Gasteiger partial charge >= 0.3 is 0 Å². The number of aromatic nitrogens is 2. The number of anilines is 1. The lowest BCUT2D eigenvalue weighted by molar-refractivity contribution is 0.252. The summed E-state index contributed by atoms with van der Waals surface area (Å²) in [6.45, 7) is 6.51. The van der Waals surface area contributed by atoms with E-state index >= 15 is 0 Å². The van der Waals surface area contributed by atoms with E-state index in [4.69, 9.17) is 5.73 Å². The van der Waals surface area contributed by atoms with Gasteiger partial charge in [-0.2, -0.15) is 0 Å². The maximum absolute atomic E-state index is 5.54. The molecule has 2 N–H and O–H groups in total. The van der Waals surface area contributed by atoms with Gasteiger partial charge in [0.15, 0.2) is 0 Å². The Morgan fingerprint density at radius 2 is 1.90 bits per heavy atom. The van der Waals surface area contributed by atoms with Crippen molar-refractivity contribution in [2.24, 2.45) is 5.73 Å². The zero-order chi connectivity index (χ0) is 14.5. The predicted octanol–water partition coefficient (Wildman–Crippen LogP) is 1.59. The highest BCUT2D eigenvalue weighted by Crippen LogP contribution is 2.18. The molecule has 0 aliphatic carbocycles. The van der Waals surface area contributed by atoms with Crippen LogP contribution in [0, 0.1) is 0 Å². The molecule has 0 bridgehead atoms. The van der Waals surface area contributed by atoms with Crippen LogP contribution in [-0.2, 0) is 0 Å². The van der Waals surface area contributed by atoms with Crippen molar-refractivity contribution in [3.05, 3.63) is 30.6 Å². The SMILES string of the molecule is NCCCCCN1CCN(c2cccc3nccn23)CC1. The van der Waals surface area contributed by atoms with Crippen molar-refractivity contribution in [2.75, 3.05) is 44.2 Å². The minimum Gasteiger partial charge on any atom is -0.355 e. The maximum atomic E-state index is 5.54. The Labute approximate surface area is 126 Å². The molecular formula is C16H25N5. The maximum Gasteiger partial charge on any atom is 0.138 e. The molecule has 0 spiro atoms. The van der Waals surface area contributed by atoms with Gasteiger partial charge in [-0.25, -0.2) is 4.98 Å². The van der Waals surface area contributed by atoms with Crippen LogP contribution in [0.5, 0.6) is 0 Å². The van der Waals surface area contributed by atoms with E-state index in [9.17, 15) is 0 Å². The number of fused-ring (bicyclic) bond motifs is 1. The molecule has 5 nitrogen and oxygen atoms in total. The molecule has 0 aromatic carbocycles. The summed E-state index contributed by atoms with van der Waals surface area (Å²) >= 11 is 0. The summed E-state index contributed by atoms with van der Waals surface area (Å²) < 4.78 is 2.18. The normalized spacial score (nSPS) is 16.7. The molecule has 1 fully saturated rings. The first-order chi connectivity index (χ1) is 10.4. The Hall–Kier alpha value is -1.59. The van der Waals surface area contributed by atoms with Gasteiger partial charge in [0.25, 0.3) is 0 Å². The van der Waals surface area contributed by atoms with E-state index < -0.39 is 0 Å². The van der Waals surface area contributed by atoms with Gasteiger partial charge in [0, 0.05) is 38.6 Å². The second-order valence-electron chi connectivity index (χ2n) is 5.72. The lowest BCUT2D eigenvalue weighted by Crippen LogP contribution is -2.47. The minimum atomic E-state index is 0.822. The topological polar surface area (TPSA) is 49.8 Å². The third-order valence-electron chi connectivity index (χ3n) is 4.28. The lowest BCUT2D eigenvalue weighted by Gasteiger charge is -2.36. The number of hydrogen-bond acceptors (Lipinski definition) is 4. The Morgan fingerprint density at radius 1 is 1.05 bits per heavy atom. The van der Waals surface area contributed by atoms with Gasteiger partial charge in [-0.1, -0.05) is 12.5 Å². The van der Waals surface area contributed by atoms with Crippen LogP contribution < -0.4 is 10.6 Å². The van der Waals surface area contributed by atoms with E-state index in [1.54, 1.807) is 0 Å². The van der Waals surface area contributed by atoms with Gasteiger partial charge in [-0.15, -0.1) is 0 Å². The zero-order valence-electron chi connectivity index (χ0n) is 12.6. The van der Waals surface area contributed by atoms with E-state index in [1.807, 2.05) is 12.4 Å². The molecule has 2 aromatic heterocycles. The standard InChI is InChI=1S/C16H25N5/c17-7-2-1-3-9-19-11-13-20(14-12-19)16-6-4-5-15-18-8-10-21(15)16/h4-6,8,10H,1-3,7,9,11-14,17H2. The van der Waals surface area contributed by atoms with E-state index in [0.29, 0.717) is 0 Å². The first kappa shape index (κ1) is 14.4. The molecule has 5 heteroatoms. The fraction of sp³-hybridized carbons (Fsp3) is 0.562. The number of pyridine rings is 1. The third kappa shape index (κ3) is 3.36. The van der Waals surface area contributed by atoms with Crippen LogP contribution in [0.4, 0.5) is 5.82 Å². The molecule has 1 saturated heterocycles. The molecule has 0 radical (unpaired) electrons. The Balaban J connectivity index is 1.55. The molecule has 0 amide bonds. The predicted molar refractivity (Wildman–Crippen MR) is 86.8 cm³/mol. The number of rotatable bonds is 6. The van der Waals surface area contributed by atoms with E-state index in [-0.39, 0.29) is 0 Å². The van der Waals surface area contributed by atoms with E-state index in [0.717, 1.165) is 44.8 Å². The van der Waals surface area contributed by atoms with Crippen molar-refractivity contribution in [1.82, 2.24) is 14.3 Å². The molecule has 21 heavy (non-hydrogen) atoms. The molecule has 2 aromatic rings. The average molecular weight is 287 g/mol. The minimum absolute atomic E-state index is 0.822. The van der Waals surface area contributed by atoms with E-state index in [1.165, 1.54) is 25.2 Å². The second kappa shape index (κ2) is 6.91.